The number of rotatable bonds is 6. The number of ether oxygens (including phenoxy) is 1. The second kappa shape index (κ2) is 9.30. The van der Waals surface area contributed by atoms with E-state index in [4.69, 9.17) is 31.4 Å². The molecule has 1 aliphatic heterocycles. The Labute approximate surface area is 188 Å². The van der Waals surface area contributed by atoms with Gasteiger partial charge in [0.05, 0.1) is 16.9 Å². The minimum atomic E-state index is -0.656. The zero-order valence-corrected chi connectivity index (χ0v) is 18.9. The number of nitrogens with two attached hydrogens (primary N) is 1. The molecule has 0 saturated carbocycles. The Balaban J connectivity index is 1.73. The molecule has 1 aliphatic rings. The molecule has 1 aromatic carbocycles. The Morgan fingerprint density at radius 1 is 1.23 bits per heavy atom. The Morgan fingerprint density at radius 2 is 1.87 bits per heavy atom. The maximum absolute atomic E-state index is 12.2. The van der Waals surface area contributed by atoms with Crippen LogP contribution in [-0.4, -0.2) is 35.9 Å². The highest BCUT2D eigenvalue weighted by atomic mass is 35.5. The lowest BCUT2D eigenvalue weighted by molar-refractivity contribution is 0.00578. The average Bonchev–Trinajstić information content (AvgIpc) is 2.94. The normalized spacial score (nSPS) is 17.5. The van der Waals surface area contributed by atoms with Gasteiger partial charge < -0.3 is 25.1 Å². The van der Waals surface area contributed by atoms with E-state index in [1.807, 2.05) is 64.1 Å². The molecule has 1 amide bonds. The number of nitrogens with one attached hydrogen (secondary N) is 1. The van der Waals surface area contributed by atoms with E-state index in [0.717, 1.165) is 5.56 Å². The van der Waals surface area contributed by atoms with Gasteiger partial charge in [-0.15, -0.1) is 0 Å². The number of hydrogen-bond acceptors (Lipinski definition) is 6. The van der Waals surface area contributed by atoms with E-state index < -0.39 is 24.4 Å². The third-order valence-corrected chi connectivity index (χ3v) is 5.76. The van der Waals surface area contributed by atoms with E-state index in [9.17, 15) is 4.79 Å². The summed E-state index contributed by atoms with van der Waals surface area (Å²) in [6.45, 7) is 8.21. The fourth-order valence-corrected chi connectivity index (χ4v) is 3.02. The number of carbonyl (C=O) groups excluding carboxylic acids is 1. The Hall–Kier alpha value is -2.55. The van der Waals surface area contributed by atoms with E-state index in [1.54, 1.807) is 12.3 Å². The number of nitrogen functional groups attached to an aromatic ring is 1. The zero-order valence-electron chi connectivity index (χ0n) is 18.1. The molecule has 0 unspecified atom stereocenters. The van der Waals surface area contributed by atoms with Crippen LogP contribution in [0, 0.1) is 0 Å². The summed E-state index contributed by atoms with van der Waals surface area (Å²) in [6.07, 6.45) is 2.87. The van der Waals surface area contributed by atoms with E-state index in [2.05, 4.69) is 10.3 Å². The van der Waals surface area contributed by atoms with Crippen molar-refractivity contribution >= 4 is 36.6 Å². The largest absolute Gasteiger partial charge is 0.492 e. The van der Waals surface area contributed by atoms with Crippen LogP contribution in [-0.2, 0) is 20.7 Å². The summed E-state index contributed by atoms with van der Waals surface area (Å²) in [5, 5.41) is 3.00. The van der Waals surface area contributed by atoms with Gasteiger partial charge in [0.15, 0.2) is 5.15 Å². The molecule has 1 fully saturated rings. The molecule has 0 aliphatic carbocycles. The number of alkyl carbamates (subject to hydrolysis) is 1. The number of hydrogen-bond donors (Lipinski definition) is 2. The summed E-state index contributed by atoms with van der Waals surface area (Å²) < 4.78 is 17.6. The number of aromatic nitrogens is 1. The Morgan fingerprint density at radius 3 is 2.48 bits per heavy atom. The number of pyridine rings is 1. The maximum Gasteiger partial charge on any atom is 0.492 e. The lowest BCUT2D eigenvalue weighted by atomic mass is 9.77. The molecule has 2 heterocycles. The van der Waals surface area contributed by atoms with Gasteiger partial charge in [-0.1, -0.05) is 48.0 Å². The van der Waals surface area contributed by atoms with E-state index in [-0.39, 0.29) is 18.3 Å². The predicted molar refractivity (Wildman–Crippen MR) is 122 cm³/mol. The first-order valence-electron chi connectivity index (χ1n) is 9.99. The highest BCUT2D eigenvalue weighted by Gasteiger charge is 2.52. The van der Waals surface area contributed by atoms with Crippen LogP contribution in [0.2, 0.25) is 5.15 Å². The van der Waals surface area contributed by atoms with Crippen molar-refractivity contribution < 1.29 is 18.8 Å². The summed E-state index contributed by atoms with van der Waals surface area (Å²) in [5.41, 5.74) is 7.50. The van der Waals surface area contributed by atoms with Crippen molar-refractivity contribution in [2.24, 2.45) is 0 Å². The maximum atomic E-state index is 12.2. The lowest BCUT2D eigenvalue weighted by Crippen LogP contribution is -2.41. The average molecular weight is 444 g/mol. The third kappa shape index (κ3) is 5.78. The summed E-state index contributed by atoms with van der Waals surface area (Å²) in [6, 6.07) is 11.2. The van der Waals surface area contributed by atoms with Gasteiger partial charge in [0.25, 0.3) is 0 Å². The van der Waals surface area contributed by atoms with Crippen LogP contribution >= 0.6 is 11.6 Å². The number of amides is 1. The molecule has 0 bridgehead atoms. The Kier molecular flexibility index (Phi) is 6.94. The fourth-order valence-electron chi connectivity index (χ4n) is 2.92. The van der Waals surface area contributed by atoms with Gasteiger partial charge in [-0.3, -0.25) is 0 Å². The van der Waals surface area contributed by atoms with E-state index >= 15 is 0 Å². The van der Waals surface area contributed by atoms with Crippen molar-refractivity contribution in [1.82, 2.24) is 10.3 Å². The zero-order chi connectivity index (χ0) is 22.6. The van der Waals surface area contributed by atoms with Crippen molar-refractivity contribution in [3.63, 3.8) is 0 Å². The smallest absolute Gasteiger partial charge is 0.445 e. The summed E-state index contributed by atoms with van der Waals surface area (Å²) >= 11 is 5.93. The lowest BCUT2D eigenvalue weighted by Gasteiger charge is -2.32. The molecular formula is C22H27BClN3O4. The fraction of sp³-hybridized carbons (Fsp3) is 0.364. The van der Waals surface area contributed by atoms with Gasteiger partial charge in [-0.25, -0.2) is 9.78 Å². The SMILES string of the molecule is CC1(C)OB(C(=Cc2cnc(Cl)c(N)c2)CNC(=O)OCc2ccccc2)OC1(C)C. The minimum absolute atomic E-state index is 0.160. The second-order valence-electron chi connectivity index (χ2n) is 8.37. The third-order valence-electron chi connectivity index (χ3n) is 5.45. The molecule has 164 valence electrons. The first-order valence-corrected chi connectivity index (χ1v) is 10.4. The molecule has 0 spiro atoms. The molecule has 31 heavy (non-hydrogen) atoms. The number of benzene rings is 1. The van der Waals surface area contributed by atoms with Gasteiger partial charge in [-0.2, -0.15) is 0 Å². The van der Waals surface area contributed by atoms with Crippen molar-refractivity contribution in [3.8, 4) is 0 Å². The summed E-state index contributed by atoms with van der Waals surface area (Å²) in [7, 11) is -0.656. The number of halogens is 1. The molecule has 3 rings (SSSR count). The van der Waals surface area contributed by atoms with Gasteiger partial charge in [0.1, 0.15) is 6.61 Å². The van der Waals surface area contributed by atoms with Gasteiger partial charge in [-0.05, 0) is 50.4 Å². The molecule has 9 heteroatoms. The second-order valence-corrected chi connectivity index (χ2v) is 8.73. The van der Waals surface area contributed by atoms with Crippen LogP contribution in [0.15, 0.2) is 48.1 Å². The molecule has 0 radical (unpaired) electrons. The first kappa shape index (κ1) is 23.1. The molecular weight excluding hydrogens is 417 g/mol. The van der Waals surface area contributed by atoms with E-state index in [0.29, 0.717) is 16.7 Å². The summed E-state index contributed by atoms with van der Waals surface area (Å²) in [5.74, 6) is 0. The van der Waals surface area contributed by atoms with Crippen LogP contribution in [0.3, 0.4) is 0 Å². The molecule has 2 aromatic rings. The predicted octanol–water partition coefficient (Wildman–Crippen LogP) is 4.26. The standard InChI is InChI=1S/C22H27BClN3O4/c1-21(2)22(3,4)31-23(30-21)17(10-16-11-18(25)19(24)26-12-16)13-27-20(28)29-14-15-8-6-5-7-9-15/h5-12H,13-14,25H2,1-4H3,(H,27,28). The van der Waals surface area contributed by atoms with Crippen LogP contribution in [0.1, 0.15) is 38.8 Å². The molecule has 3 N–H and O–H groups in total. The first-order chi connectivity index (χ1) is 14.6. The van der Waals surface area contributed by atoms with Gasteiger partial charge in [0, 0.05) is 12.7 Å². The van der Waals surface area contributed by atoms with Crippen molar-refractivity contribution in [2.45, 2.75) is 45.5 Å². The van der Waals surface area contributed by atoms with Crippen LogP contribution in [0.4, 0.5) is 10.5 Å². The van der Waals surface area contributed by atoms with Gasteiger partial charge >= 0.3 is 13.2 Å². The monoisotopic (exact) mass is 443 g/mol. The molecule has 1 aromatic heterocycles. The van der Waals surface area contributed by atoms with Crippen molar-refractivity contribution in [2.75, 3.05) is 12.3 Å². The number of carbonyl (C=O) groups is 1. The minimum Gasteiger partial charge on any atom is -0.445 e. The Bertz CT molecular complexity index is 950. The van der Waals surface area contributed by atoms with Crippen LogP contribution in [0.25, 0.3) is 6.08 Å². The summed E-state index contributed by atoms with van der Waals surface area (Å²) in [4.78, 5) is 16.3. The van der Waals surface area contributed by atoms with Gasteiger partial charge in [0.2, 0.25) is 0 Å². The molecule has 1 saturated heterocycles. The number of anilines is 1. The quantitative estimate of drug-likeness (QED) is 0.511. The highest BCUT2D eigenvalue weighted by Crippen LogP contribution is 2.38. The van der Waals surface area contributed by atoms with E-state index in [1.165, 1.54) is 0 Å². The van der Waals surface area contributed by atoms with Crippen LogP contribution < -0.4 is 11.1 Å². The number of nitrogens with zero attached hydrogens (tertiary/aromatic N) is 1. The van der Waals surface area contributed by atoms with Crippen LogP contribution in [0.5, 0.6) is 0 Å². The molecule has 7 nitrogen and oxygen atoms in total. The topological polar surface area (TPSA) is 95.7 Å². The van der Waals surface area contributed by atoms with Crippen molar-refractivity contribution in [1.29, 1.82) is 0 Å². The molecule has 0 atom stereocenters. The van der Waals surface area contributed by atoms with Crippen molar-refractivity contribution in [3.05, 3.63) is 64.3 Å². The highest BCUT2D eigenvalue weighted by molar-refractivity contribution is 6.56.